The normalized spacial score (nSPS) is 34.0. The highest BCUT2D eigenvalue weighted by Crippen LogP contribution is 2.52. The van der Waals surface area contributed by atoms with Crippen LogP contribution in [0.4, 0.5) is 4.39 Å². The Bertz CT molecular complexity index is 1250. The summed E-state index contributed by atoms with van der Waals surface area (Å²) in [4.78, 5) is 22.2. The van der Waals surface area contributed by atoms with E-state index in [1.54, 1.807) is 6.07 Å². The van der Waals surface area contributed by atoms with Crippen molar-refractivity contribution in [2.24, 2.45) is 5.92 Å². The molecule has 1 spiro atoms. The molecule has 4 unspecified atom stereocenters. The number of likely N-dealkylation sites (tertiary alicyclic amines) is 1. The monoisotopic (exact) mass is 620 g/mol. The van der Waals surface area contributed by atoms with Gasteiger partial charge >= 0.3 is 0 Å². The molecule has 1 N–H and O–H groups in total. The maximum atomic E-state index is 14.6. The molecule has 9 heteroatoms. The number of unbranched alkanes of at least 4 members (excludes halogenated alkanes) is 2. The molecule has 0 bridgehead atoms. The van der Waals surface area contributed by atoms with Crippen LogP contribution in [0, 0.1) is 23.1 Å². The first-order valence-corrected chi connectivity index (χ1v) is 17.5. The fraction of sp³-hybridized carbons (Fsp3) is 0.722. The number of carbonyl (C=O) groups excluding carboxylic acids is 1. The van der Waals surface area contributed by atoms with Gasteiger partial charge in [-0.1, -0.05) is 32.4 Å². The molecule has 3 saturated heterocycles. The third-order valence-corrected chi connectivity index (χ3v) is 11.8. The standard InChI is InChI=1S/C36H53FN6O2/c1-4-6-7-19-43-34(41-20-21-42(33(44)5-2)28(24-41)14-17-38)30-13-16-36(15-12-26-10-11-27(37)22-31(26)36)23-32(30)39-35(43)45-25-29-9-8-18-40(29)3/h5,10-11,22,28-30,32,34-35,39H,2,4,6-9,12-16,18-21,23-25H2,1,3H3/t28-,29-,30?,32?,34?,35?,36-/m1/s1. The lowest BCUT2D eigenvalue weighted by Gasteiger charge is -2.59. The van der Waals surface area contributed by atoms with Gasteiger partial charge in [-0.3, -0.25) is 15.0 Å². The molecule has 2 aliphatic carbocycles. The van der Waals surface area contributed by atoms with Crippen LogP contribution < -0.4 is 5.32 Å². The lowest BCUT2D eigenvalue weighted by atomic mass is 9.63. The van der Waals surface area contributed by atoms with Crippen molar-refractivity contribution in [3.8, 4) is 6.07 Å². The summed E-state index contributed by atoms with van der Waals surface area (Å²) >= 11 is 0. The van der Waals surface area contributed by atoms with Crippen molar-refractivity contribution in [3.63, 3.8) is 0 Å². The number of aryl methyl sites for hydroxylation is 1. The van der Waals surface area contributed by atoms with Crippen LogP contribution in [0.5, 0.6) is 0 Å². The number of halogens is 1. The van der Waals surface area contributed by atoms with Crippen LogP contribution in [0.1, 0.15) is 82.3 Å². The molecule has 3 aliphatic heterocycles. The molecule has 45 heavy (non-hydrogen) atoms. The molecule has 1 aromatic rings. The summed E-state index contributed by atoms with van der Waals surface area (Å²) in [5.74, 6) is 0.144. The van der Waals surface area contributed by atoms with Gasteiger partial charge in [0.15, 0.2) is 6.35 Å². The van der Waals surface area contributed by atoms with Crippen LogP contribution in [-0.2, 0) is 21.4 Å². The molecular formula is C36H53FN6O2. The van der Waals surface area contributed by atoms with Gasteiger partial charge in [-0.05, 0) is 99.7 Å². The Labute approximate surface area is 269 Å². The number of piperazine rings is 1. The maximum Gasteiger partial charge on any atom is 0.246 e. The first-order chi connectivity index (χ1) is 21.9. The second kappa shape index (κ2) is 14.2. The Kier molecular flexibility index (Phi) is 10.3. The van der Waals surface area contributed by atoms with E-state index in [1.807, 2.05) is 17.0 Å². The first kappa shape index (κ1) is 32.6. The molecule has 1 saturated carbocycles. The van der Waals surface area contributed by atoms with E-state index in [2.05, 4.69) is 46.6 Å². The van der Waals surface area contributed by atoms with E-state index in [4.69, 9.17) is 4.74 Å². The Hall–Kier alpha value is -2.35. The van der Waals surface area contributed by atoms with Gasteiger partial charge in [0.2, 0.25) is 5.91 Å². The Morgan fingerprint density at radius 1 is 1.22 bits per heavy atom. The number of nitrogens with zero attached hydrogens (tertiary/aromatic N) is 5. The molecule has 0 aromatic heterocycles. The van der Waals surface area contributed by atoms with Crippen LogP contribution >= 0.6 is 0 Å². The summed E-state index contributed by atoms with van der Waals surface area (Å²) in [6.07, 6.45) is 12.6. The molecule has 6 rings (SSSR count). The predicted molar refractivity (Wildman–Crippen MR) is 174 cm³/mol. The lowest BCUT2D eigenvalue weighted by Crippen LogP contribution is -2.73. The quantitative estimate of drug-likeness (QED) is 0.303. The van der Waals surface area contributed by atoms with E-state index < -0.39 is 0 Å². The molecule has 5 aliphatic rings. The van der Waals surface area contributed by atoms with Crippen LogP contribution in [0.2, 0.25) is 0 Å². The number of nitrogens with one attached hydrogen (secondary N) is 1. The second-order valence-corrected chi connectivity index (χ2v) is 14.3. The van der Waals surface area contributed by atoms with Gasteiger partial charge in [0.05, 0.1) is 31.3 Å². The number of rotatable bonds is 10. The highest BCUT2D eigenvalue weighted by Gasteiger charge is 2.54. The van der Waals surface area contributed by atoms with Crippen LogP contribution in [-0.4, -0.2) is 103 Å². The van der Waals surface area contributed by atoms with E-state index in [9.17, 15) is 14.4 Å². The molecule has 7 atom stereocenters. The fourth-order valence-electron chi connectivity index (χ4n) is 9.38. The zero-order valence-corrected chi connectivity index (χ0v) is 27.4. The number of hydrogen-bond acceptors (Lipinski definition) is 7. The van der Waals surface area contributed by atoms with E-state index >= 15 is 0 Å². The summed E-state index contributed by atoms with van der Waals surface area (Å²) in [7, 11) is 2.20. The number of amides is 1. The van der Waals surface area contributed by atoms with Crippen molar-refractivity contribution < 1.29 is 13.9 Å². The maximum absolute atomic E-state index is 14.6. The minimum absolute atomic E-state index is 0.00479. The van der Waals surface area contributed by atoms with Crippen molar-refractivity contribution in [2.75, 3.05) is 46.4 Å². The molecule has 246 valence electrons. The van der Waals surface area contributed by atoms with Gasteiger partial charge in [-0.15, -0.1) is 0 Å². The Morgan fingerprint density at radius 2 is 2.09 bits per heavy atom. The van der Waals surface area contributed by atoms with Crippen molar-refractivity contribution >= 4 is 5.91 Å². The average Bonchev–Trinajstić information content (AvgIpc) is 3.61. The van der Waals surface area contributed by atoms with E-state index in [-0.39, 0.29) is 41.7 Å². The number of carbonyl (C=O) groups is 1. The number of ether oxygens (including phenoxy) is 1. The molecule has 1 aromatic carbocycles. The van der Waals surface area contributed by atoms with Gasteiger partial charge in [0.25, 0.3) is 0 Å². The summed E-state index contributed by atoms with van der Waals surface area (Å²) in [6, 6.07) is 8.28. The van der Waals surface area contributed by atoms with Crippen LogP contribution in [0.25, 0.3) is 0 Å². The number of nitriles is 1. The molecule has 8 nitrogen and oxygen atoms in total. The third kappa shape index (κ3) is 6.59. The van der Waals surface area contributed by atoms with E-state index in [1.165, 1.54) is 30.0 Å². The molecule has 0 radical (unpaired) electrons. The van der Waals surface area contributed by atoms with Crippen molar-refractivity contribution in [1.82, 2.24) is 24.9 Å². The van der Waals surface area contributed by atoms with Gasteiger partial charge in [-0.2, -0.15) is 5.26 Å². The van der Waals surface area contributed by atoms with Gasteiger partial charge in [0, 0.05) is 44.2 Å². The topological polar surface area (TPSA) is 75.1 Å². The molecular weight excluding hydrogens is 567 g/mol. The number of fused-ring (bicyclic) bond motifs is 3. The predicted octanol–water partition coefficient (Wildman–Crippen LogP) is 4.61. The smallest absolute Gasteiger partial charge is 0.246 e. The third-order valence-electron chi connectivity index (χ3n) is 11.8. The summed E-state index contributed by atoms with van der Waals surface area (Å²) in [6.45, 7) is 10.7. The minimum atomic E-state index is -0.215. The van der Waals surface area contributed by atoms with E-state index in [0.29, 0.717) is 38.1 Å². The Balaban J connectivity index is 1.31. The summed E-state index contributed by atoms with van der Waals surface area (Å²) < 4.78 is 21.5. The SMILES string of the molecule is C=CC(=O)N1CCN(C2C3CC[C@]4(CCc5ccc(F)cc54)CC3NC(OC[C@H]3CCCN3C)N2CCCCC)C[C@H]1CC#N. The van der Waals surface area contributed by atoms with Gasteiger partial charge < -0.3 is 14.5 Å². The Morgan fingerprint density at radius 3 is 2.84 bits per heavy atom. The van der Waals surface area contributed by atoms with Gasteiger partial charge in [-0.25, -0.2) is 9.29 Å². The highest BCUT2D eigenvalue weighted by molar-refractivity contribution is 5.87. The number of benzene rings is 1. The van der Waals surface area contributed by atoms with E-state index in [0.717, 1.165) is 71.0 Å². The minimum Gasteiger partial charge on any atom is -0.348 e. The fourth-order valence-corrected chi connectivity index (χ4v) is 9.38. The highest BCUT2D eigenvalue weighted by atomic mass is 19.1. The van der Waals surface area contributed by atoms with Crippen molar-refractivity contribution in [3.05, 3.63) is 47.8 Å². The zero-order valence-electron chi connectivity index (χ0n) is 27.4. The molecule has 4 fully saturated rings. The number of likely N-dealkylation sites (N-methyl/N-ethyl adjacent to an activating group) is 1. The van der Waals surface area contributed by atoms with Crippen LogP contribution in [0.15, 0.2) is 30.9 Å². The molecule has 3 heterocycles. The van der Waals surface area contributed by atoms with Crippen molar-refractivity contribution in [2.45, 2.75) is 114 Å². The molecule has 1 amide bonds. The summed E-state index contributed by atoms with van der Waals surface area (Å²) in [5, 5.41) is 13.8. The average molecular weight is 621 g/mol. The first-order valence-electron chi connectivity index (χ1n) is 17.5. The second-order valence-electron chi connectivity index (χ2n) is 14.3. The van der Waals surface area contributed by atoms with Gasteiger partial charge in [0.1, 0.15) is 5.82 Å². The van der Waals surface area contributed by atoms with Crippen molar-refractivity contribution in [1.29, 1.82) is 5.26 Å². The van der Waals surface area contributed by atoms with Crippen LogP contribution in [0.3, 0.4) is 0 Å². The lowest BCUT2D eigenvalue weighted by molar-refractivity contribution is -0.200. The number of hydrogen-bond donors (Lipinski definition) is 1. The largest absolute Gasteiger partial charge is 0.348 e. The zero-order chi connectivity index (χ0) is 31.6. The summed E-state index contributed by atoms with van der Waals surface area (Å²) in [5.41, 5.74) is 2.53.